The van der Waals surface area contributed by atoms with Crippen molar-refractivity contribution in [1.29, 1.82) is 0 Å². The first-order valence-electron chi connectivity index (χ1n) is 36.0. The van der Waals surface area contributed by atoms with Gasteiger partial charge in [-0.05, 0) is 131 Å². The van der Waals surface area contributed by atoms with E-state index in [-0.39, 0.29) is 85.5 Å². The molecule has 29 nitrogen and oxygen atoms in total. The third kappa shape index (κ3) is 18.3. The Morgan fingerprint density at radius 2 is 0.877 bits per heavy atom. The van der Waals surface area contributed by atoms with Crippen molar-refractivity contribution in [3.8, 4) is 45.6 Å². The lowest BCUT2D eigenvalue weighted by atomic mass is 10.1. The van der Waals surface area contributed by atoms with Crippen LogP contribution in [-0.2, 0) is 47.4 Å². The Morgan fingerprint density at radius 1 is 0.410 bits per heavy atom. The molecule has 122 heavy (non-hydrogen) atoms. The van der Waals surface area contributed by atoms with Gasteiger partial charge in [0, 0.05) is 138 Å². The standard InChI is InChI=1S/2C22H22F2N6O4S2.C19H14F2N4O.C18H12F2N4/c1-27(2)35(31,32)29-12-11-25-22(29)16-13-18-20(10-7-15-5-8-17(23)9-6-15)26-30(21(18)19(24)14-16)36(33,34)28(3)4;1-27(2)35(31,32)29-12-11-25-22(29)17-13-18-20(10-7-15-5-8-16(23)9-6-15)26-30(21(18)14-19(17)24)36(33,34)28(3)4;20-13-4-1-11(2-5-13)3-6-17-15-7-12(8-16(21)18(15)25-24-17)19-22-9-14(10-26)23-19;19-12-4-1-11(2-5-12)3-6-16-14-9-13(18-21-7-8-22-18)15(20)10-17(14)24-23-16/h2*5-14H,1-4H3;1-9,26H,10H2,(H,22,23)(H,24,25);1-10H,(H,21,22)(H,23,24)/b2*10-7+;2*6-3+. The van der Waals surface area contributed by atoms with Gasteiger partial charge in [-0.2, -0.15) is 71.3 Å². The summed E-state index contributed by atoms with van der Waals surface area (Å²) in [5.41, 5.74) is 6.25. The maximum atomic E-state index is 15.5. The second-order valence-electron chi connectivity index (χ2n) is 27.3. The predicted octanol–water partition coefficient (Wildman–Crippen LogP) is 13.6. The number of aromatic nitrogens is 16. The zero-order valence-electron chi connectivity index (χ0n) is 65.2. The first-order valence-corrected chi connectivity index (χ1v) is 41.6. The molecule has 8 aromatic carbocycles. The van der Waals surface area contributed by atoms with Crippen LogP contribution in [0.5, 0.6) is 0 Å². The first-order chi connectivity index (χ1) is 58.0. The van der Waals surface area contributed by atoms with Gasteiger partial charge in [-0.3, -0.25) is 10.2 Å². The Hall–Kier alpha value is -13.5. The molecule has 0 spiro atoms. The van der Waals surface area contributed by atoms with Crippen LogP contribution in [0.25, 0.3) is 138 Å². The zero-order valence-corrected chi connectivity index (χ0v) is 68.5. The molecule has 0 aliphatic heterocycles. The van der Waals surface area contributed by atoms with E-state index < -0.39 is 69.9 Å². The number of nitrogens with zero attached hydrogens (tertiary/aromatic N) is 16. The van der Waals surface area contributed by atoms with E-state index in [4.69, 9.17) is 5.11 Å². The molecular formula is C81H70F8N20O9S4. The summed E-state index contributed by atoms with van der Waals surface area (Å²) in [4.78, 5) is 22.2. The highest BCUT2D eigenvalue weighted by molar-refractivity contribution is 7.88. The van der Waals surface area contributed by atoms with Gasteiger partial charge in [-0.25, -0.2) is 63.0 Å². The highest BCUT2D eigenvalue weighted by atomic mass is 32.2. The molecule has 0 saturated heterocycles. The third-order valence-corrected chi connectivity index (χ3v) is 25.1. The predicted molar refractivity (Wildman–Crippen MR) is 448 cm³/mol. The second-order valence-corrected chi connectivity index (χ2v) is 35.3. The van der Waals surface area contributed by atoms with E-state index in [1.54, 1.807) is 79.2 Å². The number of aliphatic hydroxyl groups is 1. The quantitative estimate of drug-likeness (QED) is 0.0417. The minimum absolute atomic E-state index is 0.0581. The zero-order chi connectivity index (χ0) is 87.4. The summed E-state index contributed by atoms with van der Waals surface area (Å²) in [5.74, 6) is -3.46. The average Bonchev–Trinajstić information content (AvgIpc) is 1.59. The van der Waals surface area contributed by atoms with E-state index in [0.717, 1.165) is 53.8 Å². The summed E-state index contributed by atoms with van der Waals surface area (Å²) in [6, 6.07) is 34.2. The Kier molecular flexibility index (Phi) is 25.1. The summed E-state index contributed by atoms with van der Waals surface area (Å²) in [6.45, 7) is -0.172. The molecule has 16 aromatic rings. The molecule has 628 valence electrons. The van der Waals surface area contributed by atoms with Crippen molar-refractivity contribution in [2.45, 2.75) is 6.61 Å². The van der Waals surface area contributed by atoms with Crippen LogP contribution in [0.1, 0.15) is 50.7 Å². The molecule has 8 aromatic heterocycles. The molecule has 0 unspecified atom stereocenters. The summed E-state index contributed by atoms with van der Waals surface area (Å²) in [7, 11) is -5.80. The third-order valence-electron chi connectivity index (χ3n) is 18.4. The van der Waals surface area contributed by atoms with Gasteiger partial charge in [-0.15, -0.1) is 8.17 Å². The van der Waals surface area contributed by atoms with Crippen LogP contribution in [0, 0.1) is 46.5 Å². The second kappa shape index (κ2) is 35.4. The number of H-pyrrole nitrogens is 4. The topological polar surface area (TPSA) is 356 Å². The number of nitrogens with one attached hydrogen (secondary N) is 4. The van der Waals surface area contributed by atoms with Crippen LogP contribution in [-0.4, -0.2) is 189 Å². The number of aromatic amines is 4. The Bertz CT molecular complexity index is 7190. The SMILES string of the molecule is CN(C)S(=O)(=O)n1ccnc1-c1cc(F)c2c(c1)c(/C=C/c1ccc(F)cc1)nn2S(=O)(=O)N(C)C.CN(C)S(=O)(=O)n1ccnc1-c1cc2c(/C=C/c3ccc(F)cc3)nn(S(=O)(=O)N(C)C)c2cc1F.Fc1ccc(/C=C/c2n[nH]c3cc(F)c(-c4ncc[nH]4)cc23)cc1.OCc1cnc(-c2cc(F)c3n[nH]c(/C=C/c4ccc(F)cc4)c3c2)[nH]1. The molecule has 0 bridgehead atoms. The van der Waals surface area contributed by atoms with E-state index in [2.05, 4.69) is 60.5 Å². The number of fused-ring (bicyclic) bond motifs is 4. The van der Waals surface area contributed by atoms with Crippen LogP contribution in [0.4, 0.5) is 35.1 Å². The molecule has 5 N–H and O–H groups in total. The Morgan fingerprint density at radius 3 is 1.39 bits per heavy atom. The van der Waals surface area contributed by atoms with Crippen molar-refractivity contribution in [2.75, 3.05) is 56.4 Å². The number of benzene rings is 8. The van der Waals surface area contributed by atoms with Crippen LogP contribution >= 0.6 is 0 Å². The molecule has 8 heterocycles. The molecular weight excluding hydrogens is 1680 g/mol. The van der Waals surface area contributed by atoms with Gasteiger partial charge in [0.25, 0.3) is 0 Å². The number of halogens is 8. The molecule has 0 aliphatic rings. The van der Waals surface area contributed by atoms with Gasteiger partial charge < -0.3 is 15.1 Å². The normalized spacial score (nSPS) is 12.4. The molecule has 0 radical (unpaired) electrons. The lowest BCUT2D eigenvalue weighted by Crippen LogP contribution is -2.30. The highest BCUT2D eigenvalue weighted by Gasteiger charge is 2.31. The molecule has 41 heteroatoms. The van der Waals surface area contributed by atoms with Crippen LogP contribution in [0.3, 0.4) is 0 Å². The number of hydrogen-bond acceptors (Lipinski definition) is 17. The number of imidazole rings is 4. The maximum absolute atomic E-state index is 15.5. The monoisotopic (exact) mass is 1750 g/mol. The Labute approximate surface area is 691 Å². The van der Waals surface area contributed by atoms with Crippen molar-refractivity contribution < 1.29 is 73.9 Å². The van der Waals surface area contributed by atoms with Crippen molar-refractivity contribution in [1.82, 2.24) is 93.8 Å². The van der Waals surface area contributed by atoms with Gasteiger partial charge in [-0.1, -0.05) is 72.8 Å². The fraction of sp³-hybridized carbons (Fsp3) is 0.111. The summed E-state index contributed by atoms with van der Waals surface area (Å²) >= 11 is 0. The molecule has 0 aliphatic carbocycles. The highest BCUT2D eigenvalue weighted by Crippen LogP contribution is 2.36. The van der Waals surface area contributed by atoms with Gasteiger partial charge in [0.2, 0.25) is 0 Å². The molecule has 0 amide bonds. The summed E-state index contributed by atoms with van der Waals surface area (Å²) in [5, 5.41) is 33.0. The summed E-state index contributed by atoms with van der Waals surface area (Å²) in [6.07, 6.45) is 22.9. The lowest BCUT2D eigenvalue weighted by Gasteiger charge is -2.15. The van der Waals surface area contributed by atoms with E-state index in [1.165, 1.54) is 197 Å². The van der Waals surface area contributed by atoms with E-state index in [0.29, 0.717) is 70.1 Å². The molecule has 16 rings (SSSR count). The van der Waals surface area contributed by atoms with E-state index in [9.17, 15) is 60.0 Å². The molecule has 0 fully saturated rings. The Balaban J connectivity index is 0.000000142. The van der Waals surface area contributed by atoms with Crippen molar-refractivity contribution in [2.24, 2.45) is 0 Å². The van der Waals surface area contributed by atoms with Gasteiger partial charge in [0.1, 0.15) is 57.6 Å². The van der Waals surface area contributed by atoms with E-state index in [1.807, 2.05) is 6.08 Å². The minimum atomic E-state index is -4.21. The number of rotatable bonds is 21. The van der Waals surface area contributed by atoms with Crippen molar-refractivity contribution >= 4 is 133 Å². The fourth-order valence-corrected chi connectivity index (χ4v) is 15.6. The van der Waals surface area contributed by atoms with Crippen LogP contribution in [0.15, 0.2) is 189 Å². The molecule has 0 saturated carbocycles. The van der Waals surface area contributed by atoms with E-state index >= 15 is 8.78 Å². The van der Waals surface area contributed by atoms with Crippen molar-refractivity contribution in [3.05, 3.63) is 286 Å². The van der Waals surface area contributed by atoms with Crippen LogP contribution in [0.2, 0.25) is 0 Å². The minimum Gasteiger partial charge on any atom is -0.390 e. The van der Waals surface area contributed by atoms with Gasteiger partial charge in [0.05, 0.1) is 63.4 Å². The number of aliphatic hydroxyl groups excluding tert-OH is 1. The van der Waals surface area contributed by atoms with Gasteiger partial charge in [0.15, 0.2) is 23.3 Å². The smallest absolute Gasteiger partial charge is 0.323 e. The maximum Gasteiger partial charge on any atom is 0.323 e. The lowest BCUT2D eigenvalue weighted by molar-refractivity contribution is 0.277. The first kappa shape index (κ1) is 86.3. The van der Waals surface area contributed by atoms with Crippen LogP contribution < -0.4 is 0 Å². The largest absolute Gasteiger partial charge is 0.390 e. The summed E-state index contributed by atoms with van der Waals surface area (Å²) < 4.78 is 221. The number of hydrogen-bond donors (Lipinski definition) is 5. The average molecular weight is 1750 g/mol. The van der Waals surface area contributed by atoms with Crippen molar-refractivity contribution in [3.63, 3.8) is 0 Å². The molecule has 0 atom stereocenters. The van der Waals surface area contributed by atoms with Gasteiger partial charge >= 0.3 is 40.8 Å². The fourth-order valence-electron chi connectivity index (χ4n) is 11.9.